The van der Waals surface area contributed by atoms with Crippen LogP contribution in [-0.2, 0) is 4.79 Å². The zero-order chi connectivity index (χ0) is 11.4. The number of β-amino-alcohol motifs (C(OH)–C–C–N with tert-alkyl or cyclic N) is 1. The van der Waals surface area contributed by atoms with Crippen LogP contribution in [-0.4, -0.2) is 46.3 Å². The Labute approximate surface area is 90.9 Å². The zero-order valence-electron chi connectivity index (χ0n) is 9.52. The van der Waals surface area contributed by atoms with Gasteiger partial charge in [-0.05, 0) is 32.2 Å². The van der Waals surface area contributed by atoms with Crippen LogP contribution in [0.3, 0.4) is 0 Å². The van der Waals surface area contributed by atoms with Crippen molar-refractivity contribution in [2.75, 3.05) is 13.1 Å². The Hall–Kier alpha value is -0.610. The number of rotatable bonds is 4. The van der Waals surface area contributed by atoms with Crippen molar-refractivity contribution in [2.45, 2.75) is 45.3 Å². The summed E-state index contributed by atoms with van der Waals surface area (Å²) in [6.45, 7) is 5.06. The summed E-state index contributed by atoms with van der Waals surface area (Å²) in [5, 5.41) is 18.4. The number of hydrogen-bond donors (Lipinski definition) is 2. The van der Waals surface area contributed by atoms with E-state index < -0.39 is 18.1 Å². The minimum absolute atomic E-state index is 0.404. The van der Waals surface area contributed by atoms with Gasteiger partial charge in [-0.2, -0.15) is 0 Å². The number of carboxylic acids is 1. The molecule has 0 aromatic carbocycles. The molecule has 0 bridgehead atoms. The molecule has 0 saturated carbocycles. The highest BCUT2D eigenvalue weighted by Crippen LogP contribution is 2.25. The number of aliphatic hydroxyl groups excluding tert-OH is 1. The van der Waals surface area contributed by atoms with Crippen LogP contribution in [0, 0.1) is 5.92 Å². The molecule has 1 saturated heterocycles. The van der Waals surface area contributed by atoms with E-state index in [1.54, 1.807) is 6.92 Å². The lowest BCUT2D eigenvalue weighted by Crippen LogP contribution is -2.49. The van der Waals surface area contributed by atoms with E-state index in [9.17, 15) is 9.90 Å². The topological polar surface area (TPSA) is 60.8 Å². The molecule has 1 aliphatic heterocycles. The van der Waals surface area contributed by atoms with Crippen molar-refractivity contribution in [1.82, 2.24) is 4.90 Å². The van der Waals surface area contributed by atoms with E-state index in [-0.39, 0.29) is 0 Å². The fourth-order valence-electron chi connectivity index (χ4n) is 2.27. The molecule has 0 aromatic heterocycles. The summed E-state index contributed by atoms with van der Waals surface area (Å²) < 4.78 is 0. The van der Waals surface area contributed by atoms with Crippen molar-refractivity contribution in [1.29, 1.82) is 0 Å². The van der Waals surface area contributed by atoms with Gasteiger partial charge < -0.3 is 10.2 Å². The van der Waals surface area contributed by atoms with Crippen molar-refractivity contribution in [2.24, 2.45) is 5.92 Å². The molecular formula is C11H21NO3. The second kappa shape index (κ2) is 5.47. The van der Waals surface area contributed by atoms with E-state index in [2.05, 4.69) is 6.92 Å². The summed E-state index contributed by atoms with van der Waals surface area (Å²) in [4.78, 5) is 13.0. The van der Waals surface area contributed by atoms with Gasteiger partial charge in [0.15, 0.2) is 0 Å². The molecule has 0 spiro atoms. The summed E-state index contributed by atoms with van der Waals surface area (Å²) >= 11 is 0. The molecule has 0 aliphatic carbocycles. The first-order valence-corrected chi connectivity index (χ1v) is 5.69. The predicted molar refractivity (Wildman–Crippen MR) is 57.7 cm³/mol. The summed E-state index contributed by atoms with van der Waals surface area (Å²) in [7, 11) is 0. The molecule has 88 valence electrons. The van der Waals surface area contributed by atoms with E-state index >= 15 is 0 Å². The molecule has 1 heterocycles. The van der Waals surface area contributed by atoms with Crippen LogP contribution in [0.1, 0.15) is 33.1 Å². The Bertz CT molecular complexity index is 218. The highest BCUT2D eigenvalue weighted by molar-refractivity contribution is 5.73. The van der Waals surface area contributed by atoms with Gasteiger partial charge in [0, 0.05) is 6.54 Å². The first kappa shape index (κ1) is 12.5. The quantitative estimate of drug-likeness (QED) is 0.732. The van der Waals surface area contributed by atoms with E-state index in [0.717, 1.165) is 25.8 Å². The Morgan fingerprint density at radius 3 is 2.73 bits per heavy atom. The van der Waals surface area contributed by atoms with Crippen LogP contribution in [0.15, 0.2) is 0 Å². The average molecular weight is 215 g/mol. The number of nitrogens with zero attached hydrogens (tertiary/aromatic N) is 1. The molecule has 1 aliphatic rings. The largest absolute Gasteiger partial charge is 0.480 e. The number of carbonyl (C=O) groups is 1. The number of likely N-dealkylation sites (tertiary alicyclic amines) is 1. The third kappa shape index (κ3) is 3.47. The van der Waals surface area contributed by atoms with Crippen molar-refractivity contribution in [3.05, 3.63) is 0 Å². The molecule has 2 N–H and O–H groups in total. The van der Waals surface area contributed by atoms with Crippen molar-refractivity contribution in [3.8, 4) is 0 Å². The van der Waals surface area contributed by atoms with Gasteiger partial charge in [0.05, 0.1) is 6.10 Å². The molecule has 4 nitrogen and oxygen atoms in total. The molecule has 0 amide bonds. The van der Waals surface area contributed by atoms with Gasteiger partial charge in [0.25, 0.3) is 0 Å². The number of aliphatic hydroxyl groups is 1. The first-order valence-electron chi connectivity index (χ1n) is 5.69. The maximum Gasteiger partial charge on any atom is 0.320 e. The zero-order valence-corrected chi connectivity index (χ0v) is 9.52. The van der Waals surface area contributed by atoms with Crippen LogP contribution >= 0.6 is 0 Å². The molecule has 0 aromatic rings. The number of carboxylic acid groups (broad SMARTS) is 1. The molecule has 0 radical (unpaired) electrons. The normalized spacial score (nSPS) is 30.1. The molecule has 1 rings (SSSR count). The van der Waals surface area contributed by atoms with E-state index in [1.807, 2.05) is 4.90 Å². The lowest BCUT2D eigenvalue weighted by molar-refractivity contribution is -0.146. The standard InChI is InChI=1S/C11H21NO3/c1-3-9-4-5-12(7-8(2)13)10(6-9)11(14)15/h8-10,13H,3-7H2,1-2H3,(H,14,15). The van der Waals surface area contributed by atoms with E-state index in [1.165, 1.54) is 0 Å². The van der Waals surface area contributed by atoms with Gasteiger partial charge in [-0.1, -0.05) is 13.3 Å². The van der Waals surface area contributed by atoms with Crippen molar-refractivity contribution < 1.29 is 15.0 Å². The van der Waals surface area contributed by atoms with Crippen LogP contribution < -0.4 is 0 Å². The Morgan fingerprint density at radius 2 is 2.27 bits per heavy atom. The van der Waals surface area contributed by atoms with Crippen LogP contribution in [0.5, 0.6) is 0 Å². The smallest absolute Gasteiger partial charge is 0.320 e. The summed E-state index contributed by atoms with van der Waals surface area (Å²) in [5.41, 5.74) is 0. The monoisotopic (exact) mass is 215 g/mol. The second-order valence-corrected chi connectivity index (χ2v) is 4.50. The molecule has 1 fully saturated rings. The molecule has 3 unspecified atom stereocenters. The fourth-order valence-corrected chi connectivity index (χ4v) is 2.27. The van der Waals surface area contributed by atoms with E-state index in [4.69, 9.17) is 5.11 Å². The Morgan fingerprint density at radius 1 is 1.60 bits per heavy atom. The lowest BCUT2D eigenvalue weighted by atomic mass is 9.89. The Kier molecular flexibility index (Phi) is 4.54. The van der Waals surface area contributed by atoms with Gasteiger partial charge in [-0.3, -0.25) is 9.69 Å². The van der Waals surface area contributed by atoms with Gasteiger partial charge >= 0.3 is 5.97 Å². The van der Waals surface area contributed by atoms with Crippen molar-refractivity contribution in [3.63, 3.8) is 0 Å². The van der Waals surface area contributed by atoms with Gasteiger partial charge in [0.1, 0.15) is 6.04 Å². The van der Waals surface area contributed by atoms with E-state index in [0.29, 0.717) is 12.5 Å². The van der Waals surface area contributed by atoms with Gasteiger partial charge in [-0.15, -0.1) is 0 Å². The maximum absolute atomic E-state index is 11.1. The minimum atomic E-state index is -0.756. The summed E-state index contributed by atoms with van der Waals surface area (Å²) in [6.07, 6.45) is 2.36. The number of hydrogen-bond acceptors (Lipinski definition) is 3. The molecule has 15 heavy (non-hydrogen) atoms. The molecular weight excluding hydrogens is 194 g/mol. The van der Waals surface area contributed by atoms with Crippen LogP contribution in [0.4, 0.5) is 0 Å². The third-order valence-electron chi connectivity index (χ3n) is 3.18. The Balaban J connectivity index is 2.59. The third-order valence-corrected chi connectivity index (χ3v) is 3.18. The van der Waals surface area contributed by atoms with Crippen molar-refractivity contribution >= 4 is 5.97 Å². The number of piperidine rings is 1. The average Bonchev–Trinajstić information content (AvgIpc) is 2.17. The molecule has 3 atom stereocenters. The second-order valence-electron chi connectivity index (χ2n) is 4.50. The SMILES string of the molecule is CCC1CCN(CC(C)O)C(C(=O)O)C1. The van der Waals surface area contributed by atoms with Gasteiger partial charge in [0.2, 0.25) is 0 Å². The predicted octanol–water partition coefficient (Wildman–Crippen LogP) is 0.942. The van der Waals surface area contributed by atoms with Gasteiger partial charge in [-0.25, -0.2) is 0 Å². The lowest BCUT2D eigenvalue weighted by Gasteiger charge is -2.37. The minimum Gasteiger partial charge on any atom is -0.480 e. The van der Waals surface area contributed by atoms with Crippen LogP contribution in [0.2, 0.25) is 0 Å². The molecule has 4 heteroatoms. The van der Waals surface area contributed by atoms with Crippen LogP contribution in [0.25, 0.3) is 0 Å². The fraction of sp³-hybridized carbons (Fsp3) is 0.909. The number of aliphatic carboxylic acids is 1. The summed E-state index contributed by atoms with van der Waals surface area (Å²) in [6, 6.07) is -0.404. The highest BCUT2D eigenvalue weighted by Gasteiger charge is 2.32. The maximum atomic E-state index is 11.1. The summed E-state index contributed by atoms with van der Waals surface area (Å²) in [5.74, 6) is -0.231. The highest BCUT2D eigenvalue weighted by atomic mass is 16.4. The first-order chi connectivity index (χ1) is 7.04.